The Balaban J connectivity index is 1.25. The van der Waals surface area contributed by atoms with Crippen LogP contribution in [0.25, 0.3) is 10.9 Å². The third kappa shape index (κ3) is 7.58. The zero-order valence-electron chi connectivity index (χ0n) is 24.2. The first-order chi connectivity index (χ1) is 20.6. The molecule has 1 saturated heterocycles. The fourth-order valence-corrected chi connectivity index (χ4v) is 5.84. The maximum Gasteiger partial charge on any atom is 0.269 e. The summed E-state index contributed by atoms with van der Waals surface area (Å²) in [4.78, 5) is 54.9. The molecule has 1 saturated carbocycles. The van der Waals surface area contributed by atoms with E-state index in [1.807, 2.05) is 6.07 Å². The van der Waals surface area contributed by atoms with Crippen molar-refractivity contribution < 1.29 is 23.6 Å². The smallest absolute Gasteiger partial charge is 0.269 e. The molecule has 2 fully saturated rings. The van der Waals surface area contributed by atoms with Crippen molar-refractivity contribution in [2.75, 3.05) is 26.7 Å². The van der Waals surface area contributed by atoms with Crippen molar-refractivity contribution in [2.24, 2.45) is 11.7 Å². The van der Waals surface area contributed by atoms with Crippen LogP contribution in [0.4, 0.5) is 4.39 Å². The molecular formula is C31H36ClFN6O4. The molecule has 0 spiro atoms. The van der Waals surface area contributed by atoms with Gasteiger partial charge < -0.3 is 20.9 Å². The standard InChI is InChI=1S/C31H36ClFN6O4/c1-37-11-9-19(10-12-37)13-23(40)14-20-5-8-26-24(15-20)30(31(34)43)36-39(26)18-28(42)38(22-6-7-22)17-27(41)35-16-21-3-2-4-25(32)29(21)33/h2-5,8,15,19,22H,6-7,9-14,16-18H2,1H3,(H2,34,43)(H,35,41). The predicted molar refractivity (Wildman–Crippen MR) is 160 cm³/mol. The summed E-state index contributed by atoms with van der Waals surface area (Å²) < 4.78 is 15.6. The Morgan fingerprint density at radius 2 is 1.86 bits per heavy atom. The number of Topliss-reactive ketones (excluding diaryl/α,β-unsaturated/α-hetero) is 1. The third-order valence-electron chi connectivity index (χ3n) is 8.22. The lowest BCUT2D eigenvalue weighted by Crippen LogP contribution is -2.43. The highest BCUT2D eigenvalue weighted by Gasteiger charge is 2.34. The van der Waals surface area contributed by atoms with Crippen LogP contribution < -0.4 is 11.1 Å². The van der Waals surface area contributed by atoms with Crippen molar-refractivity contribution in [3.8, 4) is 0 Å². The summed E-state index contributed by atoms with van der Waals surface area (Å²) in [5.41, 5.74) is 7.18. The maximum atomic E-state index is 14.2. The average molecular weight is 611 g/mol. The summed E-state index contributed by atoms with van der Waals surface area (Å²) in [6, 6.07) is 9.77. The van der Waals surface area contributed by atoms with E-state index >= 15 is 0 Å². The fraction of sp³-hybridized carbons (Fsp3) is 0.452. The van der Waals surface area contributed by atoms with E-state index in [4.69, 9.17) is 17.3 Å². The van der Waals surface area contributed by atoms with Gasteiger partial charge in [-0.05, 0) is 75.5 Å². The number of carbonyl (C=O) groups is 4. The number of aromatic nitrogens is 2. The number of primary amides is 1. The topological polar surface area (TPSA) is 131 Å². The van der Waals surface area contributed by atoms with Crippen LogP contribution in [0.15, 0.2) is 36.4 Å². The number of halogens is 2. The largest absolute Gasteiger partial charge is 0.364 e. The fourth-order valence-electron chi connectivity index (χ4n) is 5.64. The number of nitrogens with zero attached hydrogens (tertiary/aromatic N) is 4. The molecule has 43 heavy (non-hydrogen) atoms. The van der Waals surface area contributed by atoms with Crippen LogP contribution >= 0.6 is 11.6 Å². The number of nitrogens with one attached hydrogen (secondary N) is 1. The number of amides is 3. The molecule has 0 unspecified atom stereocenters. The Morgan fingerprint density at radius 1 is 1.12 bits per heavy atom. The second kappa shape index (κ2) is 13.2. The van der Waals surface area contributed by atoms with Gasteiger partial charge in [-0.1, -0.05) is 29.8 Å². The molecule has 3 amide bonds. The van der Waals surface area contributed by atoms with Gasteiger partial charge in [-0.2, -0.15) is 5.10 Å². The molecule has 2 aromatic carbocycles. The summed E-state index contributed by atoms with van der Waals surface area (Å²) >= 11 is 5.82. The Morgan fingerprint density at radius 3 is 2.56 bits per heavy atom. The van der Waals surface area contributed by atoms with E-state index in [-0.39, 0.29) is 60.1 Å². The summed E-state index contributed by atoms with van der Waals surface area (Å²) in [6.07, 6.45) is 4.32. The minimum atomic E-state index is -0.738. The normalized spacial score (nSPS) is 15.9. The van der Waals surface area contributed by atoms with Crippen molar-refractivity contribution in [1.82, 2.24) is 24.9 Å². The number of carbonyl (C=O) groups excluding carboxylic acids is 4. The zero-order valence-corrected chi connectivity index (χ0v) is 24.9. The van der Waals surface area contributed by atoms with Crippen molar-refractivity contribution in [3.05, 3.63) is 64.1 Å². The molecule has 228 valence electrons. The monoisotopic (exact) mass is 610 g/mol. The number of hydrogen-bond donors (Lipinski definition) is 2. The molecule has 2 aliphatic rings. The molecule has 0 bridgehead atoms. The number of hydrogen-bond acceptors (Lipinski definition) is 6. The Bertz CT molecular complexity index is 1550. The van der Waals surface area contributed by atoms with Gasteiger partial charge >= 0.3 is 0 Å². The molecule has 1 aromatic heterocycles. The third-order valence-corrected chi connectivity index (χ3v) is 8.51. The molecule has 0 radical (unpaired) electrons. The number of benzene rings is 2. The molecule has 12 heteroatoms. The van der Waals surface area contributed by atoms with E-state index in [0.29, 0.717) is 23.2 Å². The van der Waals surface area contributed by atoms with Crippen molar-refractivity contribution in [3.63, 3.8) is 0 Å². The molecule has 10 nitrogen and oxygen atoms in total. The summed E-state index contributed by atoms with van der Waals surface area (Å²) in [6.45, 7) is 1.53. The van der Waals surface area contributed by atoms with Gasteiger partial charge in [0.05, 0.1) is 17.1 Å². The number of piperidine rings is 1. The first-order valence-electron chi connectivity index (χ1n) is 14.6. The summed E-state index contributed by atoms with van der Waals surface area (Å²) in [5, 5.41) is 7.43. The van der Waals surface area contributed by atoms with Gasteiger partial charge in [-0.25, -0.2) is 4.39 Å². The predicted octanol–water partition coefficient (Wildman–Crippen LogP) is 3.08. The molecule has 2 heterocycles. The number of fused-ring (bicyclic) bond motifs is 1. The van der Waals surface area contributed by atoms with E-state index in [2.05, 4.69) is 22.4 Å². The van der Waals surface area contributed by atoms with Gasteiger partial charge in [0.25, 0.3) is 5.91 Å². The van der Waals surface area contributed by atoms with Crippen molar-refractivity contribution >= 4 is 46.0 Å². The zero-order chi connectivity index (χ0) is 30.7. The van der Waals surface area contributed by atoms with Crippen LogP contribution in [-0.4, -0.2) is 75.8 Å². The number of nitrogens with two attached hydrogens (primary N) is 1. The molecule has 1 aliphatic heterocycles. The van der Waals surface area contributed by atoms with Gasteiger partial charge in [-0.3, -0.25) is 23.9 Å². The number of rotatable bonds is 12. The van der Waals surface area contributed by atoms with E-state index < -0.39 is 17.6 Å². The second-order valence-electron chi connectivity index (χ2n) is 11.6. The van der Waals surface area contributed by atoms with Crippen LogP contribution in [0.5, 0.6) is 0 Å². The van der Waals surface area contributed by atoms with Gasteiger partial charge in [0.1, 0.15) is 18.1 Å². The molecule has 5 rings (SSSR count). The van der Waals surface area contributed by atoms with Crippen molar-refractivity contribution in [1.29, 1.82) is 0 Å². The lowest BCUT2D eigenvalue weighted by Gasteiger charge is -2.28. The van der Waals surface area contributed by atoms with Crippen LogP contribution in [0.3, 0.4) is 0 Å². The first kappa shape index (κ1) is 30.6. The Hall–Kier alpha value is -3.83. The average Bonchev–Trinajstić information content (AvgIpc) is 3.75. The quantitative estimate of drug-likeness (QED) is 0.324. The Labute approximate surface area is 254 Å². The van der Waals surface area contributed by atoms with Crippen molar-refractivity contribution in [2.45, 2.75) is 57.7 Å². The molecular weight excluding hydrogens is 575 g/mol. The highest BCUT2D eigenvalue weighted by molar-refractivity contribution is 6.30. The van der Waals surface area contributed by atoms with Crippen LogP contribution in [0.1, 0.15) is 53.7 Å². The first-order valence-corrected chi connectivity index (χ1v) is 15.0. The summed E-state index contributed by atoms with van der Waals surface area (Å²) in [5.74, 6) is -1.58. The highest BCUT2D eigenvalue weighted by Crippen LogP contribution is 2.28. The van der Waals surface area contributed by atoms with Gasteiger partial charge in [0.15, 0.2) is 5.69 Å². The molecule has 1 aliphatic carbocycles. The van der Waals surface area contributed by atoms with E-state index in [1.54, 1.807) is 18.2 Å². The number of ketones is 1. The molecule has 3 aromatic rings. The van der Waals surface area contributed by atoms with E-state index in [0.717, 1.165) is 44.3 Å². The van der Waals surface area contributed by atoms with E-state index in [9.17, 15) is 23.6 Å². The molecule has 0 atom stereocenters. The van der Waals surface area contributed by atoms with Gasteiger partial charge in [-0.15, -0.1) is 0 Å². The SMILES string of the molecule is CN1CCC(CC(=O)Cc2ccc3c(c2)c(C(N)=O)nn3CC(=O)N(CC(=O)NCc2cccc(Cl)c2F)C2CC2)CC1. The lowest BCUT2D eigenvalue weighted by atomic mass is 9.90. The minimum absolute atomic E-state index is 0.0201. The van der Waals surface area contributed by atoms with Crippen LogP contribution in [-0.2, 0) is 33.9 Å². The summed E-state index contributed by atoms with van der Waals surface area (Å²) in [7, 11) is 2.09. The lowest BCUT2D eigenvalue weighted by molar-refractivity contribution is -0.137. The minimum Gasteiger partial charge on any atom is -0.364 e. The van der Waals surface area contributed by atoms with Crippen LogP contribution in [0, 0.1) is 11.7 Å². The number of likely N-dealkylation sites (tertiary alicyclic amines) is 1. The second-order valence-corrected chi connectivity index (χ2v) is 12.0. The van der Waals surface area contributed by atoms with Gasteiger partial charge in [0, 0.05) is 36.4 Å². The maximum absolute atomic E-state index is 14.2. The van der Waals surface area contributed by atoms with E-state index in [1.165, 1.54) is 21.7 Å². The van der Waals surface area contributed by atoms with Crippen LogP contribution in [0.2, 0.25) is 5.02 Å². The Kier molecular flexibility index (Phi) is 9.41. The molecule has 3 N–H and O–H groups in total. The highest BCUT2D eigenvalue weighted by atomic mass is 35.5. The van der Waals surface area contributed by atoms with Gasteiger partial charge in [0.2, 0.25) is 11.8 Å².